The number of ether oxygens (including phenoxy) is 1. The van der Waals surface area contributed by atoms with E-state index in [1.165, 1.54) is 16.7 Å². The Labute approximate surface area is 219 Å². The standard InChI is InChI=1S/C26H34N6O.HI/c1-19-11-13-22(14-12-19)25-23(10-7-15-33-25)17-28-26(27-16-21-8-5-4-6-9-21)29-18-24-31-30-20(2)32(24)3;/h4-6,8-9,11-14,23,25H,7,10,15-18H2,1-3H3,(H2,27,28,29);1H. The molecule has 1 aliphatic heterocycles. The maximum atomic E-state index is 6.20. The number of nitrogens with zero attached hydrogens (tertiary/aromatic N) is 4. The van der Waals surface area contributed by atoms with Crippen LogP contribution in [-0.4, -0.2) is 33.9 Å². The third kappa shape index (κ3) is 7.02. The third-order valence-corrected chi connectivity index (χ3v) is 6.24. The van der Waals surface area contributed by atoms with E-state index in [4.69, 9.17) is 9.73 Å². The van der Waals surface area contributed by atoms with Crippen molar-refractivity contribution in [2.75, 3.05) is 13.2 Å². The van der Waals surface area contributed by atoms with Gasteiger partial charge in [0.2, 0.25) is 0 Å². The van der Waals surface area contributed by atoms with Gasteiger partial charge in [0.25, 0.3) is 0 Å². The van der Waals surface area contributed by atoms with Crippen LogP contribution in [-0.2, 0) is 24.9 Å². The first kappa shape index (κ1) is 26.2. The van der Waals surface area contributed by atoms with Gasteiger partial charge in [0.1, 0.15) is 5.82 Å². The molecule has 0 bridgehead atoms. The molecule has 0 saturated carbocycles. The fraction of sp³-hybridized carbons (Fsp3) is 0.423. The fourth-order valence-corrected chi connectivity index (χ4v) is 4.10. The van der Waals surface area contributed by atoms with E-state index in [1.807, 2.05) is 36.7 Å². The summed E-state index contributed by atoms with van der Waals surface area (Å²) >= 11 is 0. The molecule has 2 atom stereocenters. The molecule has 1 aromatic heterocycles. The lowest BCUT2D eigenvalue weighted by Gasteiger charge is -2.32. The first-order valence-electron chi connectivity index (χ1n) is 11.7. The molecule has 2 N–H and O–H groups in total. The molecule has 2 unspecified atom stereocenters. The van der Waals surface area contributed by atoms with Crippen LogP contribution in [0.3, 0.4) is 0 Å². The minimum absolute atomic E-state index is 0. The van der Waals surface area contributed by atoms with Crippen LogP contribution in [0.2, 0.25) is 0 Å². The lowest BCUT2D eigenvalue weighted by atomic mass is 9.89. The number of hydrogen-bond donors (Lipinski definition) is 2. The molecule has 4 rings (SSSR count). The molecule has 34 heavy (non-hydrogen) atoms. The molecular formula is C26H35IN6O. The summed E-state index contributed by atoms with van der Waals surface area (Å²) in [7, 11) is 1.98. The van der Waals surface area contributed by atoms with Crippen molar-refractivity contribution in [1.29, 1.82) is 0 Å². The Hall–Kier alpha value is -2.46. The first-order valence-corrected chi connectivity index (χ1v) is 11.7. The zero-order chi connectivity index (χ0) is 23.0. The summed E-state index contributed by atoms with van der Waals surface area (Å²) in [6.45, 7) is 6.83. The van der Waals surface area contributed by atoms with E-state index < -0.39 is 0 Å². The summed E-state index contributed by atoms with van der Waals surface area (Å²) in [6, 6.07) is 19.0. The predicted molar refractivity (Wildman–Crippen MR) is 146 cm³/mol. The van der Waals surface area contributed by atoms with Gasteiger partial charge in [-0.2, -0.15) is 0 Å². The number of aliphatic imine (C=N–C) groups is 1. The Bertz CT molecular complexity index is 1050. The number of aromatic nitrogens is 3. The molecule has 1 fully saturated rings. The highest BCUT2D eigenvalue weighted by molar-refractivity contribution is 14.0. The van der Waals surface area contributed by atoms with Gasteiger partial charge < -0.3 is 19.9 Å². The van der Waals surface area contributed by atoms with Crippen LogP contribution in [0, 0.1) is 19.8 Å². The monoisotopic (exact) mass is 574 g/mol. The second kappa shape index (κ2) is 12.9. The van der Waals surface area contributed by atoms with Crippen LogP contribution in [0.15, 0.2) is 59.6 Å². The van der Waals surface area contributed by atoms with E-state index in [1.54, 1.807) is 0 Å². The van der Waals surface area contributed by atoms with Gasteiger partial charge >= 0.3 is 0 Å². The molecule has 2 heterocycles. The van der Waals surface area contributed by atoms with Crippen molar-refractivity contribution in [3.63, 3.8) is 0 Å². The Morgan fingerprint density at radius 3 is 2.53 bits per heavy atom. The van der Waals surface area contributed by atoms with Crippen LogP contribution in [0.5, 0.6) is 0 Å². The quantitative estimate of drug-likeness (QED) is 0.248. The summed E-state index contributed by atoms with van der Waals surface area (Å²) in [4.78, 5) is 4.84. The number of hydrogen-bond acceptors (Lipinski definition) is 4. The van der Waals surface area contributed by atoms with E-state index in [0.717, 1.165) is 43.6 Å². The lowest BCUT2D eigenvalue weighted by Crippen LogP contribution is -2.42. The second-order valence-electron chi connectivity index (χ2n) is 8.71. The van der Waals surface area contributed by atoms with Crippen LogP contribution in [0.4, 0.5) is 0 Å². The zero-order valence-electron chi connectivity index (χ0n) is 20.2. The van der Waals surface area contributed by atoms with Crippen LogP contribution < -0.4 is 10.6 Å². The van der Waals surface area contributed by atoms with Crippen molar-refractivity contribution in [1.82, 2.24) is 25.4 Å². The number of benzene rings is 2. The highest BCUT2D eigenvalue weighted by Crippen LogP contribution is 2.33. The van der Waals surface area contributed by atoms with Crippen LogP contribution in [0.25, 0.3) is 0 Å². The van der Waals surface area contributed by atoms with Gasteiger partial charge in [0.15, 0.2) is 11.8 Å². The smallest absolute Gasteiger partial charge is 0.191 e. The Kier molecular flexibility index (Phi) is 9.88. The molecule has 0 aliphatic carbocycles. The average molecular weight is 575 g/mol. The van der Waals surface area contributed by atoms with E-state index in [-0.39, 0.29) is 30.1 Å². The van der Waals surface area contributed by atoms with E-state index in [2.05, 4.69) is 64.2 Å². The third-order valence-electron chi connectivity index (χ3n) is 6.24. The van der Waals surface area contributed by atoms with Crippen molar-refractivity contribution in [2.24, 2.45) is 18.0 Å². The fourth-order valence-electron chi connectivity index (χ4n) is 4.10. The molecule has 1 aliphatic rings. The lowest BCUT2D eigenvalue weighted by molar-refractivity contribution is -0.0265. The molecule has 2 aromatic carbocycles. The van der Waals surface area contributed by atoms with Crippen molar-refractivity contribution in [3.05, 3.63) is 82.9 Å². The highest BCUT2D eigenvalue weighted by atomic mass is 127. The molecule has 8 heteroatoms. The molecule has 0 amide bonds. The number of rotatable bonds is 7. The Morgan fingerprint density at radius 1 is 1.06 bits per heavy atom. The molecule has 3 aromatic rings. The van der Waals surface area contributed by atoms with Gasteiger partial charge in [0, 0.05) is 26.1 Å². The SMILES string of the molecule is Cc1ccc(C2OCCCC2CNC(=NCc2ccccc2)NCc2nnc(C)n2C)cc1.I. The largest absolute Gasteiger partial charge is 0.373 e. The molecule has 0 radical (unpaired) electrons. The van der Waals surface area contributed by atoms with Crippen molar-refractivity contribution in [2.45, 2.75) is 45.9 Å². The Balaban J connectivity index is 0.00000324. The first-order chi connectivity index (χ1) is 16.1. The van der Waals surface area contributed by atoms with Gasteiger partial charge in [-0.3, -0.25) is 0 Å². The van der Waals surface area contributed by atoms with Crippen molar-refractivity contribution < 1.29 is 4.74 Å². The highest BCUT2D eigenvalue weighted by Gasteiger charge is 2.27. The van der Waals surface area contributed by atoms with Crippen LogP contribution in [0.1, 0.15) is 47.3 Å². The number of halogens is 1. The van der Waals surface area contributed by atoms with E-state index >= 15 is 0 Å². The maximum absolute atomic E-state index is 6.20. The topological polar surface area (TPSA) is 76.4 Å². The summed E-state index contributed by atoms with van der Waals surface area (Å²) in [6.07, 6.45) is 2.31. The van der Waals surface area contributed by atoms with E-state index in [9.17, 15) is 0 Å². The summed E-state index contributed by atoms with van der Waals surface area (Å²) in [5.41, 5.74) is 3.69. The maximum Gasteiger partial charge on any atom is 0.191 e. The van der Waals surface area contributed by atoms with E-state index in [0.29, 0.717) is 19.0 Å². The van der Waals surface area contributed by atoms with Crippen LogP contribution >= 0.6 is 24.0 Å². The minimum Gasteiger partial charge on any atom is -0.373 e. The average Bonchev–Trinajstić information content (AvgIpc) is 3.17. The number of nitrogens with one attached hydrogen (secondary N) is 2. The summed E-state index contributed by atoms with van der Waals surface area (Å²) in [5, 5.41) is 15.4. The molecule has 7 nitrogen and oxygen atoms in total. The molecule has 182 valence electrons. The molecular weight excluding hydrogens is 539 g/mol. The normalized spacial score (nSPS) is 18.3. The van der Waals surface area contributed by atoms with Gasteiger partial charge in [-0.15, -0.1) is 34.2 Å². The Morgan fingerprint density at radius 2 is 1.82 bits per heavy atom. The van der Waals surface area contributed by atoms with Crippen molar-refractivity contribution >= 4 is 29.9 Å². The van der Waals surface area contributed by atoms with Gasteiger partial charge in [0.05, 0.1) is 19.2 Å². The minimum atomic E-state index is 0. The zero-order valence-corrected chi connectivity index (χ0v) is 22.5. The van der Waals surface area contributed by atoms with Gasteiger partial charge in [-0.05, 0) is 37.8 Å². The second-order valence-corrected chi connectivity index (χ2v) is 8.71. The number of guanidine groups is 1. The molecule has 1 saturated heterocycles. The van der Waals surface area contributed by atoms with Gasteiger partial charge in [-0.1, -0.05) is 60.2 Å². The summed E-state index contributed by atoms with van der Waals surface area (Å²) < 4.78 is 8.19. The predicted octanol–water partition coefficient (Wildman–Crippen LogP) is 4.45. The molecule has 0 spiro atoms. The number of aryl methyl sites for hydroxylation is 2. The van der Waals surface area contributed by atoms with Crippen molar-refractivity contribution in [3.8, 4) is 0 Å². The summed E-state index contributed by atoms with van der Waals surface area (Å²) in [5.74, 6) is 2.91. The van der Waals surface area contributed by atoms with Gasteiger partial charge in [-0.25, -0.2) is 4.99 Å².